The molecule has 2 aromatic heterocycles. The third-order valence-corrected chi connectivity index (χ3v) is 5.23. The summed E-state index contributed by atoms with van der Waals surface area (Å²) in [6, 6.07) is 4.29. The van der Waals surface area contributed by atoms with Crippen LogP contribution in [0.5, 0.6) is 5.75 Å². The Bertz CT molecular complexity index is 1040. The number of anilines is 2. The first kappa shape index (κ1) is 19.4. The van der Waals surface area contributed by atoms with Crippen molar-refractivity contribution in [3.63, 3.8) is 0 Å². The van der Waals surface area contributed by atoms with Crippen LogP contribution in [-0.2, 0) is 16.0 Å². The van der Waals surface area contributed by atoms with Crippen LogP contribution in [0, 0.1) is 0 Å². The van der Waals surface area contributed by atoms with Crippen LogP contribution >= 0.6 is 11.8 Å². The largest absolute Gasteiger partial charge is 0.508 e. The lowest BCUT2D eigenvalue weighted by Crippen LogP contribution is -2.25. The van der Waals surface area contributed by atoms with Crippen LogP contribution in [0.2, 0.25) is 0 Å². The van der Waals surface area contributed by atoms with E-state index in [1.165, 1.54) is 36.3 Å². The van der Waals surface area contributed by atoms with Gasteiger partial charge < -0.3 is 26.2 Å². The standard InChI is InChI=1S/C17H18N6O4S/c1-2-11(28-16-13-14(20-7-19-13)22-17(18)23-16)15(27)21-9-3-4-10(24)8(5-9)6-12(25)26/h3-5,7,11,24H,2,6H2,1H3,(H,21,27)(H,25,26)(H3,18,19,20,22,23)/t11-/m1/s1. The van der Waals surface area contributed by atoms with Gasteiger partial charge in [-0.25, -0.2) is 9.97 Å². The molecule has 1 amide bonds. The summed E-state index contributed by atoms with van der Waals surface area (Å²) in [7, 11) is 0. The van der Waals surface area contributed by atoms with E-state index in [-0.39, 0.29) is 29.6 Å². The van der Waals surface area contributed by atoms with Crippen molar-refractivity contribution < 1.29 is 19.8 Å². The molecule has 10 nitrogen and oxygen atoms in total. The molecule has 0 aliphatic heterocycles. The molecule has 2 heterocycles. The number of nitrogens with zero attached hydrogens (tertiary/aromatic N) is 3. The number of rotatable bonds is 7. The molecule has 3 aromatic rings. The zero-order valence-electron chi connectivity index (χ0n) is 14.8. The van der Waals surface area contributed by atoms with Crippen LogP contribution in [0.15, 0.2) is 29.6 Å². The Morgan fingerprint density at radius 3 is 2.86 bits per heavy atom. The van der Waals surface area contributed by atoms with Gasteiger partial charge in [0.25, 0.3) is 0 Å². The molecule has 6 N–H and O–H groups in total. The summed E-state index contributed by atoms with van der Waals surface area (Å²) in [5.41, 5.74) is 7.34. The van der Waals surface area contributed by atoms with Crippen molar-refractivity contribution in [2.24, 2.45) is 0 Å². The lowest BCUT2D eigenvalue weighted by molar-refractivity contribution is -0.136. The summed E-state index contributed by atoms with van der Waals surface area (Å²) < 4.78 is 0. The van der Waals surface area contributed by atoms with Gasteiger partial charge in [-0.05, 0) is 24.6 Å². The molecular weight excluding hydrogens is 384 g/mol. The number of carbonyl (C=O) groups is 2. The van der Waals surface area contributed by atoms with Gasteiger partial charge in [0.05, 0.1) is 18.0 Å². The smallest absolute Gasteiger partial charge is 0.307 e. The molecule has 3 rings (SSSR count). The van der Waals surface area contributed by atoms with Crippen molar-refractivity contribution in [2.45, 2.75) is 30.0 Å². The third-order valence-electron chi connectivity index (χ3n) is 3.88. The number of hydrogen-bond donors (Lipinski definition) is 5. The van der Waals surface area contributed by atoms with Crippen molar-refractivity contribution in [3.05, 3.63) is 30.1 Å². The number of carboxylic acids is 1. The molecule has 0 aliphatic carbocycles. The fourth-order valence-electron chi connectivity index (χ4n) is 2.56. The second-order valence-corrected chi connectivity index (χ2v) is 7.10. The number of carboxylic acid groups (broad SMARTS) is 1. The average Bonchev–Trinajstić information content (AvgIpc) is 3.10. The third kappa shape index (κ3) is 4.31. The minimum absolute atomic E-state index is 0.0641. The number of phenols is 1. The summed E-state index contributed by atoms with van der Waals surface area (Å²) >= 11 is 1.22. The summed E-state index contributed by atoms with van der Waals surface area (Å²) in [6.07, 6.45) is 1.64. The maximum atomic E-state index is 12.7. The fraction of sp³-hybridized carbons (Fsp3) is 0.235. The summed E-state index contributed by atoms with van der Waals surface area (Å²) in [5.74, 6) is -1.44. The van der Waals surface area contributed by atoms with E-state index in [1.807, 2.05) is 6.92 Å². The molecule has 0 saturated carbocycles. The summed E-state index contributed by atoms with van der Waals surface area (Å²) in [6.45, 7) is 1.86. The topological polar surface area (TPSA) is 167 Å². The van der Waals surface area contributed by atoms with Crippen molar-refractivity contribution in [2.75, 3.05) is 11.1 Å². The van der Waals surface area contributed by atoms with Gasteiger partial charge >= 0.3 is 5.97 Å². The maximum absolute atomic E-state index is 12.7. The van der Waals surface area contributed by atoms with Crippen LogP contribution in [0.4, 0.5) is 11.6 Å². The molecule has 0 saturated heterocycles. The summed E-state index contributed by atoms with van der Waals surface area (Å²) in [4.78, 5) is 38.8. The van der Waals surface area contributed by atoms with Crippen LogP contribution in [-0.4, -0.2) is 47.3 Å². The predicted octanol–water partition coefficient (Wildman–Crippen LogP) is 1.78. The Morgan fingerprint density at radius 2 is 2.14 bits per heavy atom. The predicted molar refractivity (Wildman–Crippen MR) is 104 cm³/mol. The Morgan fingerprint density at radius 1 is 1.36 bits per heavy atom. The number of carbonyl (C=O) groups excluding carboxylic acids is 1. The number of nitrogens with two attached hydrogens (primary N) is 1. The molecular formula is C17H18N6O4S. The molecule has 1 atom stereocenters. The number of hydrogen-bond acceptors (Lipinski definition) is 8. The van der Waals surface area contributed by atoms with Gasteiger partial charge in [-0.2, -0.15) is 4.98 Å². The van der Waals surface area contributed by atoms with Crippen molar-refractivity contribution in [1.29, 1.82) is 0 Å². The number of fused-ring (bicyclic) bond motifs is 1. The zero-order valence-corrected chi connectivity index (χ0v) is 15.7. The molecule has 0 bridgehead atoms. The maximum Gasteiger partial charge on any atom is 0.307 e. The highest BCUT2D eigenvalue weighted by molar-refractivity contribution is 8.00. The fourth-order valence-corrected chi connectivity index (χ4v) is 3.57. The quantitative estimate of drug-likeness (QED) is 0.225. The number of imidazole rings is 1. The van der Waals surface area contributed by atoms with Gasteiger partial charge in [0.1, 0.15) is 16.3 Å². The Hall–Kier alpha value is -3.34. The van der Waals surface area contributed by atoms with Gasteiger partial charge in [-0.3, -0.25) is 9.59 Å². The molecule has 11 heteroatoms. The highest BCUT2D eigenvalue weighted by Gasteiger charge is 2.22. The van der Waals surface area contributed by atoms with Crippen LogP contribution in [0.25, 0.3) is 11.2 Å². The number of thioether (sulfide) groups is 1. The minimum atomic E-state index is -1.08. The number of aromatic amines is 1. The molecule has 146 valence electrons. The van der Waals surface area contributed by atoms with Gasteiger partial charge in [-0.15, -0.1) is 0 Å². The lowest BCUT2D eigenvalue weighted by Gasteiger charge is -2.15. The van der Waals surface area contributed by atoms with E-state index in [0.29, 0.717) is 28.3 Å². The Kier molecular flexibility index (Phi) is 5.64. The SMILES string of the molecule is CC[C@@H](Sc1nc(N)nc2nc[nH]c12)C(=O)Nc1ccc(O)c(CC(=O)O)c1. The number of H-pyrrole nitrogens is 1. The van der Waals surface area contributed by atoms with Crippen molar-refractivity contribution >= 4 is 46.4 Å². The van der Waals surface area contributed by atoms with Gasteiger partial charge in [0.2, 0.25) is 11.9 Å². The van der Waals surface area contributed by atoms with Crippen LogP contribution < -0.4 is 11.1 Å². The molecule has 0 aliphatic rings. The molecule has 0 unspecified atom stereocenters. The van der Waals surface area contributed by atoms with Gasteiger partial charge in [-0.1, -0.05) is 18.7 Å². The minimum Gasteiger partial charge on any atom is -0.508 e. The zero-order chi connectivity index (χ0) is 20.3. The number of aromatic nitrogens is 4. The first-order chi connectivity index (χ1) is 13.4. The second-order valence-electron chi connectivity index (χ2n) is 5.91. The van der Waals surface area contributed by atoms with Gasteiger partial charge in [0, 0.05) is 11.3 Å². The molecule has 0 fully saturated rings. The average molecular weight is 402 g/mol. The van der Waals surface area contributed by atoms with E-state index in [2.05, 4.69) is 25.3 Å². The monoisotopic (exact) mass is 402 g/mol. The second kappa shape index (κ2) is 8.13. The number of phenolic OH excluding ortho intramolecular Hbond substituents is 1. The Balaban J connectivity index is 1.78. The number of amides is 1. The van der Waals surface area contributed by atoms with E-state index >= 15 is 0 Å². The number of nitrogen functional groups attached to an aromatic ring is 1. The lowest BCUT2D eigenvalue weighted by atomic mass is 10.1. The molecule has 28 heavy (non-hydrogen) atoms. The number of benzene rings is 1. The van der Waals surface area contributed by atoms with Gasteiger partial charge in [0.15, 0.2) is 5.65 Å². The van der Waals surface area contributed by atoms with E-state index in [1.54, 1.807) is 0 Å². The van der Waals surface area contributed by atoms with Crippen molar-refractivity contribution in [1.82, 2.24) is 19.9 Å². The van der Waals surface area contributed by atoms with E-state index in [9.17, 15) is 14.7 Å². The molecule has 1 aromatic carbocycles. The van der Waals surface area contributed by atoms with Crippen molar-refractivity contribution in [3.8, 4) is 5.75 Å². The number of nitrogens with one attached hydrogen (secondary N) is 2. The highest BCUT2D eigenvalue weighted by atomic mass is 32.2. The van der Waals surface area contributed by atoms with Crippen LogP contribution in [0.1, 0.15) is 18.9 Å². The first-order valence-corrected chi connectivity index (χ1v) is 9.23. The number of aliphatic carboxylic acids is 1. The molecule has 0 radical (unpaired) electrons. The normalized spacial score (nSPS) is 12.0. The molecule has 0 spiro atoms. The Labute approximate surface area is 163 Å². The van der Waals surface area contributed by atoms with Crippen LogP contribution in [0.3, 0.4) is 0 Å². The van der Waals surface area contributed by atoms with E-state index in [0.717, 1.165) is 0 Å². The van der Waals surface area contributed by atoms with E-state index in [4.69, 9.17) is 10.8 Å². The van der Waals surface area contributed by atoms with E-state index < -0.39 is 11.2 Å². The summed E-state index contributed by atoms with van der Waals surface area (Å²) in [5, 5.41) is 21.4. The number of aromatic hydroxyl groups is 1. The first-order valence-electron chi connectivity index (χ1n) is 8.35. The highest BCUT2D eigenvalue weighted by Crippen LogP contribution is 2.30.